The molecule has 138 valence electrons. The van der Waals surface area contributed by atoms with Crippen LogP contribution in [0.5, 0.6) is 0 Å². The van der Waals surface area contributed by atoms with Crippen LogP contribution in [0.1, 0.15) is 18.5 Å². The van der Waals surface area contributed by atoms with Crippen molar-refractivity contribution in [3.8, 4) is 11.3 Å². The molecule has 1 fully saturated rings. The highest BCUT2D eigenvalue weighted by Crippen LogP contribution is 2.20. The largest absolute Gasteiger partial charge is 0.355 e. The van der Waals surface area contributed by atoms with Crippen molar-refractivity contribution in [2.75, 3.05) is 19.8 Å². The van der Waals surface area contributed by atoms with Crippen LogP contribution in [0.4, 0.5) is 4.39 Å². The van der Waals surface area contributed by atoms with Gasteiger partial charge < -0.3 is 14.6 Å². The number of imidazole rings is 1. The van der Waals surface area contributed by atoms with E-state index in [1.165, 1.54) is 6.07 Å². The zero-order valence-corrected chi connectivity index (χ0v) is 15.2. The van der Waals surface area contributed by atoms with E-state index in [2.05, 4.69) is 26.4 Å². The minimum atomic E-state index is -0.347. The summed E-state index contributed by atoms with van der Waals surface area (Å²) in [5, 5.41) is 5.32. The molecule has 0 bridgehead atoms. The normalized spacial score (nSPS) is 17.5. The molecule has 3 aromatic heterocycles. The second-order valence-corrected chi connectivity index (χ2v) is 7.24. The van der Waals surface area contributed by atoms with E-state index in [-0.39, 0.29) is 5.82 Å². The van der Waals surface area contributed by atoms with Gasteiger partial charge in [-0.2, -0.15) is 0 Å². The molecular formula is C20H21FN6. The molecule has 0 spiro atoms. The van der Waals surface area contributed by atoms with Crippen molar-refractivity contribution in [1.29, 1.82) is 0 Å². The molecule has 6 nitrogen and oxygen atoms in total. The molecule has 0 unspecified atom stereocenters. The fraction of sp³-hybridized carbons (Fsp3) is 0.350. The van der Waals surface area contributed by atoms with Crippen LogP contribution in [-0.2, 0) is 0 Å². The Morgan fingerprint density at radius 2 is 2.04 bits per heavy atom. The summed E-state index contributed by atoms with van der Waals surface area (Å²) in [5.74, 6) is -0.347. The van der Waals surface area contributed by atoms with Gasteiger partial charge in [0.25, 0.3) is 0 Å². The summed E-state index contributed by atoms with van der Waals surface area (Å²) in [4.78, 5) is 15.8. The van der Waals surface area contributed by atoms with E-state index in [9.17, 15) is 4.39 Å². The van der Waals surface area contributed by atoms with E-state index in [1.54, 1.807) is 4.40 Å². The highest BCUT2D eigenvalue weighted by molar-refractivity contribution is 5.61. The number of nitrogens with one attached hydrogen (secondary N) is 1. The average molecular weight is 364 g/mol. The number of aryl methyl sites for hydroxylation is 1. The lowest BCUT2D eigenvalue weighted by molar-refractivity contribution is 0.248. The molecule has 2 aliphatic heterocycles. The summed E-state index contributed by atoms with van der Waals surface area (Å²) >= 11 is 0. The van der Waals surface area contributed by atoms with Crippen LogP contribution in [0, 0.1) is 12.7 Å². The number of hydrogen-bond acceptors (Lipinski definition) is 5. The summed E-state index contributed by atoms with van der Waals surface area (Å²) < 4.78 is 16.1. The Kier molecular flexibility index (Phi) is 3.89. The molecule has 0 radical (unpaired) electrons. The maximum atomic E-state index is 14.4. The van der Waals surface area contributed by atoms with Gasteiger partial charge >= 0.3 is 0 Å². The quantitative estimate of drug-likeness (QED) is 0.743. The van der Waals surface area contributed by atoms with E-state index >= 15 is 0 Å². The lowest BCUT2D eigenvalue weighted by atomic mass is 10.1. The number of halogens is 1. The Morgan fingerprint density at radius 3 is 2.89 bits per heavy atom. The Bertz CT molecular complexity index is 1130. The fourth-order valence-electron chi connectivity index (χ4n) is 3.91. The molecule has 7 heteroatoms. The Balaban J connectivity index is 1.52. The molecule has 5 rings (SSSR count). The minimum Gasteiger partial charge on any atom is -0.355 e. The van der Waals surface area contributed by atoms with Gasteiger partial charge in [-0.15, -0.1) is 0 Å². The number of rotatable bonds is 2. The predicted octanol–water partition coefficient (Wildman–Crippen LogP) is 1.23. The minimum absolute atomic E-state index is 0.338. The van der Waals surface area contributed by atoms with Crippen LogP contribution >= 0.6 is 0 Å². The fourth-order valence-corrected chi connectivity index (χ4v) is 3.91. The van der Waals surface area contributed by atoms with E-state index < -0.39 is 0 Å². The summed E-state index contributed by atoms with van der Waals surface area (Å²) in [6.07, 6.45) is 9.95. The van der Waals surface area contributed by atoms with Crippen molar-refractivity contribution in [3.63, 3.8) is 0 Å². The van der Waals surface area contributed by atoms with Crippen molar-refractivity contribution in [2.24, 2.45) is 4.99 Å². The number of fused-ring (bicyclic) bond motifs is 2. The second-order valence-electron chi connectivity index (χ2n) is 7.24. The van der Waals surface area contributed by atoms with Crippen LogP contribution in [0.25, 0.3) is 23.1 Å². The highest BCUT2D eigenvalue weighted by atomic mass is 19.1. The first-order valence-corrected chi connectivity index (χ1v) is 9.31. The third kappa shape index (κ3) is 2.98. The highest BCUT2D eigenvalue weighted by Gasteiger charge is 2.19. The molecular weight excluding hydrogens is 343 g/mol. The Morgan fingerprint density at radius 1 is 1.19 bits per heavy atom. The first-order valence-electron chi connectivity index (χ1n) is 9.31. The molecule has 2 aliphatic rings. The van der Waals surface area contributed by atoms with Crippen molar-refractivity contribution >= 4 is 11.8 Å². The smallest absolute Gasteiger partial charge is 0.173 e. The van der Waals surface area contributed by atoms with E-state index in [0.29, 0.717) is 24.1 Å². The van der Waals surface area contributed by atoms with Gasteiger partial charge in [-0.05, 0) is 45.0 Å². The zero-order chi connectivity index (χ0) is 18.4. The summed E-state index contributed by atoms with van der Waals surface area (Å²) in [6.45, 7) is 4.63. The number of piperidine rings is 1. The summed E-state index contributed by atoms with van der Waals surface area (Å²) in [5.41, 5.74) is 2.56. The topological polar surface area (TPSA) is 57.8 Å². The van der Waals surface area contributed by atoms with Crippen molar-refractivity contribution < 1.29 is 4.39 Å². The zero-order valence-electron chi connectivity index (χ0n) is 15.2. The molecule has 0 amide bonds. The van der Waals surface area contributed by atoms with Crippen LogP contribution in [0.15, 0.2) is 35.7 Å². The van der Waals surface area contributed by atoms with Gasteiger partial charge in [0.15, 0.2) is 11.5 Å². The molecule has 1 saturated heterocycles. The molecule has 1 N–H and O–H groups in total. The van der Waals surface area contributed by atoms with Gasteiger partial charge in [0, 0.05) is 41.6 Å². The first kappa shape index (κ1) is 16.4. The van der Waals surface area contributed by atoms with E-state index in [0.717, 1.165) is 47.8 Å². The van der Waals surface area contributed by atoms with Crippen LogP contribution < -0.4 is 15.9 Å². The van der Waals surface area contributed by atoms with Gasteiger partial charge in [-0.3, -0.25) is 9.98 Å². The molecule has 3 aromatic rings. The van der Waals surface area contributed by atoms with Crippen molar-refractivity contribution in [1.82, 2.24) is 24.6 Å². The van der Waals surface area contributed by atoms with Crippen LogP contribution in [0.3, 0.4) is 0 Å². The Labute approximate surface area is 156 Å². The molecule has 0 saturated carbocycles. The third-order valence-electron chi connectivity index (χ3n) is 5.32. The maximum absolute atomic E-state index is 14.4. The van der Waals surface area contributed by atoms with Crippen LogP contribution in [-0.4, -0.2) is 45.1 Å². The number of hydrogen-bond donors (Lipinski definition) is 1. The molecule has 0 atom stereocenters. The number of pyridine rings is 2. The maximum Gasteiger partial charge on any atom is 0.173 e. The molecule has 5 heterocycles. The standard InChI is InChI=1S/C20H21FN6/c1-13-9-26-10-14(6-17(21)20(26)25-13)18-7-19-15(8-23-18)11-27(12-24-19)16-2-4-22-5-3-16/h6-11,16,22H,2-5,12H2,1H3. The van der Waals surface area contributed by atoms with Crippen molar-refractivity contribution in [2.45, 2.75) is 25.8 Å². The number of aromatic nitrogens is 3. The van der Waals surface area contributed by atoms with Crippen molar-refractivity contribution in [3.05, 3.63) is 52.8 Å². The average Bonchev–Trinajstić information content (AvgIpc) is 3.09. The monoisotopic (exact) mass is 364 g/mol. The number of nitrogens with zero attached hydrogens (tertiary/aromatic N) is 5. The van der Waals surface area contributed by atoms with Gasteiger partial charge in [-0.25, -0.2) is 9.37 Å². The Hall–Kier alpha value is -2.80. The van der Waals surface area contributed by atoms with E-state index in [1.807, 2.05) is 31.6 Å². The third-order valence-corrected chi connectivity index (χ3v) is 5.32. The van der Waals surface area contributed by atoms with Gasteiger partial charge in [0.2, 0.25) is 0 Å². The predicted molar refractivity (Wildman–Crippen MR) is 101 cm³/mol. The van der Waals surface area contributed by atoms with Gasteiger partial charge in [0.1, 0.15) is 6.67 Å². The molecule has 0 aromatic carbocycles. The van der Waals surface area contributed by atoms with E-state index in [4.69, 9.17) is 4.99 Å². The van der Waals surface area contributed by atoms with Gasteiger partial charge in [-0.1, -0.05) is 0 Å². The first-order chi connectivity index (χ1) is 13.2. The summed E-state index contributed by atoms with van der Waals surface area (Å²) in [7, 11) is 0. The van der Waals surface area contributed by atoms with Gasteiger partial charge in [0.05, 0.1) is 16.7 Å². The SMILES string of the molecule is Cc1cn2cc(-c3cc4c(cn3)=CN(C3CCNCC3)CN=4)cc(F)c2n1. The molecule has 27 heavy (non-hydrogen) atoms. The lowest BCUT2D eigenvalue weighted by Gasteiger charge is -2.33. The van der Waals surface area contributed by atoms with Crippen LogP contribution in [0.2, 0.25) is 0 Å². The lowest BCUT2D eigenvalue weighted by Crippen LogP contribution is -2.45. The second kappa shape index (κ2) is 6.42. The molecule has 0 aliphatic carbocycles. The summed E-state index contributed by atoms with van der Waals surface area (Å²) in [6, 6.07) is 3.96.